The van der Waals surface area contributed by atoms with Crippen LogP contribution in [-0.2, 0) is 0 Å². The molecule has 1 aromatic carbocycles. The van der Waals surface area contributed by atoms with Crippen LogP contribution in [0.15, 0.2) is 17.9 Å². The molecular formula is C10H10Br4N4. The normalized spacial score (nSPS) is 13.2. The molecule has 5 N–H and O–H groups in total. The number of aromatic nitrogens is 2. The number of rotatable bonds is 3. The summed E-state index contributed by atoms with van der Waals surface area (Å²) in [7, 11) is 0. The Kier molecular flexibility index (Phi) is 4.88. The second-order valence-corrected chi connectivity index (χ2v) is 6.96. The molecule has 98 valence electrons. The lowest BCUT2D eigenvalue weighted by Crippen LogP contribution is -2.16. The lowest BCUT2D eigenvalue weighted by molar-refractivity contribution is 0.630. The van der Waals surface area contributed by atoms with Crippen LogP contribution in [0, 0.1) is 0 Å². The Morgan fingerprint density at radius 2 is 1.67 bits per heavy atom. The highest BCUT2D eigenvalue weighted by Crippen LogP contribution is 2.42. The van der Waals surface area contributed by atoms with Crippen LogP contribution in [0.25, 0.3) is 11.0 Å². The van der Waals surface area contributed by atoms with Gasteiger partial charge in [0, 0.05) is 8.95 Å². The van der Waals surface area contributed by atoms with Crippen LogP contribution in [0.3, 0.4) is 0 Å². The minimum absolute atomic E-state index is 0.182. The molecule has 0 amide bonds. The first-order chi connectivity index (χ1) is 8.47. The quantitative estimate of drug-likeness (QED) is 0.436. The zero-order valence-corrected chi connectivity index (χ0v) is 15.4. The number of fused-ring (bicyclic) bond motifs is 1. The van der Waals surface area contributed by atoms with Crippen LogP contribution < -0.4 is 11.5 Å². The van der Waals surface area contributed by atoms with Gasteiger partial charge in [-0.3, -0.25) is 0 Å². The zero-order valence-electron chi connectivity index (χ0n) is 9.11. The largest absolute Gasteiger partial charge is 0.340 e. The van der Waals surface area contributed by atoms with E-state index in [1.54, 1.807) is 0 Å². The molecule has 0 radical (unpaired) electrons. The summed E-state index contributed by atoms with van der Waals surface area (Å²) in [6.45, 7) is 0.536. The van der Waals surface area contributed by atoms with Crippen molar-refractivity contribution in [2.24, 2.45) is 11.5 Å². The molecular weight excluding hydrogens is 496 g/mol. The average molecular weight is 506 g/mol. The highest BCUT2D eigenvalue weighted by Gasteiger charge is 2.19. The van der Waals surface area contributed by atoms with Crippen LogP contribution in [0.1, 0.15) is 18.3 Å². The Morgan fingerprint density at radius 1 is 1.06 bits per heavy atom. The predicted octanol–water partition coefficient (Wildman–Crippen LogP) is 3.96. The zero-order chi connectivity index (χ0) is 13.4. The van der Waals surface area contributed by atoms with Crippen LogP contribution in [0.5, 0.6) is 0 Å². The van der Waals surface area contributed by atoms with Crippen molar-refractivity contribution in [3.63, 3.8) is 0 Å². The Morgan fingerprint density at radius 3 is 2.28 bits per heavy atom. The summed E-state index contributed by atoms with van der Waals surface area (Å²) in [6, 6.07) is -0.182. The summed E-state index contributed by atoms with van der Waals surface area (Å²) in [5.41, 5.74) is 13.3. The minimum Gasteiger partial charge on any atom is -0.340 e. The molecule has 2 rings (SSSR count). The van der Waals surface area contributed by atoms with Crippen molar-refractivity contribution >= 4 is 74.8 Å². The smallest absolute Gasteiger partial charge is 0.124 e. The number of halogens is 4. The highest BCUT2D eigenvalue weighted by molar-refractivity contribution is 9.15. The van der Waals surface area contributed by atoms with Gasteiger partial charge in [0.25, 0.3) is 0 Å². The van der Waals surface area contributed by atoms with Crippen molar-refractivity contribution in [1.29, 1.82) is 0 Å². The number of hydrogen-bond acceptors (Lipinski definition) is 3. The molecule has 0 aliphatic carbocycles. The van der Waals surface area contributed by atoms with Crippen molar-refractivity contribution in [2.45, 2.75) is 12.5 Å². The van der Waals surface area contributed by atoms with Crippen LogP contribution in [0.4, 0.5) is 0 Å². The molecule has 18 heavy (non-hydrogen) atoms. The number of nitrogens with two attached hydrogens (primary N) is 2. The summed E-state index contributed by atoms with van der Waals surface area (Å²) >= 11 is 14.1. The Bertz CT molecular complexity index is 550. The van der Waals surface area contributed by atoms with Crippen molar-refractivity contribution in [2.75, 3.05) is 6.54 Å². The molecule has 0 aliphatic heterocycles. The van der Waals surface area contributed by atoms with Gasteiger partial charge in [-0.25, -0.2) is 4.98 Å². The highest BCUT2D eigenvalue weighted by atomic mass is 79.9. The third-order valence-corrected chi connectivity index (χ3v) is 7.30. The molecule has 1 heterocycles. The third kappa shape index (κ3) is 2.55. The summed E-state index contributed by atoms with van der Waals surface area (Å²) < 4.78 is 3.62. The number of aromatic amines is 1. The van der Waals surface area contributed by atoms with Gasteiger partial charge in [0.05, 0.1) is 20.5 Å². The molecule has 0 fully saturated rings. The maximum Gasteiger partial charge on any atom is 0.124 e. The fourth-order valence-corrected chi connectivity index (χ4v) is 3.89. The lowest BCUT2D eigenvalue weighted by Gasteiger charge is -2.05. The van der Waals surface area contributed by atoms with Crippen molar-refractivity contribution in [1.82, 2.24) is 9.97 Å². The molecule has 0 bridgehead atoms. The third-order valence-electron chi connectivity index (χ3n) is 2.56. The molecule has 8 heteroatoms. The topological polar surface area (TPSA) is 80.7 Å². The van der Waals surface area contributed by atoms with Gasteiger partial charge in [-0.2, -0.15) is 0 Å². The summed E-state index contributed by atoms with van der Waals surface area (Å²) in [5.74, 6) is 0.738. The number of benzene rings is 1. The van der Waals surface area contributed by atoms with E-state index in [1.807, 2.05) is 0 Å². The van der Waals surface area contributed by atoms with E-state index in [0.29, 0.717) is 13.0 Å². The molecule has 1 unspecified atom stereocenters. The van der Waals surface area contributed by atoms with Gasteiger partial charge >= 0.3 is 0 Å². The number of hydrogen-bond donors (Lipinski definition) is 3. The molecule has 4 nitrogen and oxygen atoms in total. The van der Waals surface area contributed by atoms with Gasteiger partial charge < -0.3 is 16.5 Å². The Labute approximate surface area is 138 Å². The van der Waals surface area contributed by atoms with E-state index < -0.39 is 0 Å². The maximum absolute atomic E-state index is 6.02. The summed E-state index contributed by atoms with van der Waals surface area (Å²) in [5, 5.41) is 0. The molecule has 0 aliphatic rings. The van der Waals surface area contributed by atoms with Gasteiger partial charge in [-0.1, -0.05) is 0 Å². The number of nitrogens with zero attached hydrogens (tertiary/aromatic N) is 1. The van der Waals surface area contributed by atoms with E-state index in [0.717, 1.165) is 34.7 Å². The summed E-state index contributed by atoms with van der Waals surface area (Å²) in [4.78, 5) is 7.77. The van der Waals surface area contributed by atoms with E-state index in [4.69, 9.17) is 11.5 Å². The van der Waals surface area contributed by atoms with E-state index in [9.17, 15) is 0 Å². The molecule has 1 atom stereocenters. The van der Waals surface area contributed by atoms with E-state index >= 15 is 0 Å². The second kappa shape index (κ2) is 5.88. The van der Waals surface area contributed by atoms with Crippen LogP contribution >= 0.6 is 63.7 Å². The fourth-order valence-electron chi connectivity index (χ4n) is 1.61. The average Bonchev–Trinajstić information content (AvgIpc) is 2.79. The number of imidazole rings is 1. The first-order valence-electron chi connectivity index (χ1n) is 5.14. The van der Waals surface area contributed by atoms with Gasteiger partial charge in [0.1, 0.15) is 11.3 Å². The fraction of sp³-hybridized carbons (Fsp3) is 0.300. The first-order valence-corrected chi connectivity index (χ1v) is 8.31. The standard InChI is InChI=1S/C10H10Br4N4/c11-4-5(12)7(14)9-8(6(4)13)17-10(18-9)3(16)1-2-15/h3H,1-2,15-16H2,(H,17,18). The van der Waals surface area contributed by atoms with E-state index in [2.05, 4.69) is 73.7 Å². The van der Waals surface area contributed by atoms with Crippen LogP contribution in [0.2, 0.25) is 0 Å². The molecule has 0 saturated heterocycles. The lowest BCUT2D eigenvalue weighted by atomic mass is 10.2. The van der Waals surface area contributed by atoms with Gasteiger partial charge in [-0.05, 0) is 76.7 Å². The van der Waals surface area contributed by atoms with Crippen LogP contribution in [-0.4, -0.2) is 16.5 Å². The van der Waals surface area contributed by atoms with Crippen molar-refractivity contribution in [3.05, 3.63) is 23.7 Å². The first kappa shape index (κ1) is 14.9. The molecule has 0 saturated carbocycles. The second-order valence-electron chi connectivity index (χ2n) is 3.79. The Balaban J connectivity index is 2.64. The maximum atomic E-state index is 6.02. The molecule has 2 aromatic rings. The number of nitrogens with one attached hydrogen (secondary N) is 1. The Hall–Kier alpha value is 0.530. The van der Waals surface area contributed by atoms with Crippen molar-refractivity contribution in [3.8, 4) is 0 Å². The predicted molar refractivity (Wildman–Crippen MR) is 87.5 cm³/mol. The SMILES string of the molecule is NCCC(N)c1nc2c(Br)c(Br)c(Br)c(Br)c2[nH]1. The van der Waals surface area contributed by atoms with E-state index in [-0.39, 0.29) is 6.04 Å². The van der Waals surface area contributed by atoms with E-state index in [1.165, 1.54) is 0 Å². The molecule has 1 aromatic heterocycles. The van der Waals surface area contributed by atoms with Crippen molar-refractivity contribution < 1.29 is 0 Å². The van der Waals surface area contributed by atoms with Gasteiger partial charge in [-0.15, -0.1) is 0 Å². The monoisotopic (exact) mass is 502 g/mol. The number of H-pyrrole nitrogens is 1. The molecule has 0 spiro atoms. The minimum atomic E-state index is -0.182. The van der Waals surface area contributed by atoms with Gasteiger partial charge in [0.2, 0.25) is 0 Å². The summed E-state index contributed by atoms with van der Waals surface area (Å²) in [6.07, 6.45) is 0.692. The van der Waals surface area contributed by atoms with Gasteiger partial charge in [0.15, 0.2) is 0 Å².